The van der Waals surface area contributed by atoms with Gasteiger partial charge in [-0.2, -0.15) is 0 Å². The smallest absolute Gasteiger partial charge is 0.103 e. The summed E-state index contributed by atoms with van der Waals surface area (Å²) in [6, 6.07) is 14.0. The SMILES string of the molecule is NC(CCc1ccco1)c1cccc2ncccc12. The van der Waals surface area contributed by atoms with Crippen LogP contribution in [0.25, 0.3) is 10.9 Å². The average molecular weight is 252 g/mol. The van der Waals surface area contributed by atoms with Gasteiger partial charge in [-0.3, -0.25) is 4.98 Å². The molecule has 0 aliphatic carbocycles. The summed E-state index contributed by atoms with van der Waals surface area (Å²) in [6.07, 6.45) is 5.22. The van der Waals surface area contributed by atoms with Gasteiger partial charge in [-0.25, -0.2) is 0 Å². The minimum Gasteiger partial charge on any atom is -0.469 e. The van der Waals surface area contributed by atoms with Crippen LogP contribution in [0.5, 0.6) is 0 Å². The normalized spacial score (nSPS) is 12.7. The molecule has 3 heteroatoms. The lowest BCUT2D eigenvalue weighted by Gasteiger charge is -2.13. The maximum Gasteiger partial charge on any atom is 0.103 e. The molecule has 0 bridgehead atoms. The van der Waals surface area contributed by atoms with E-state index in [4.69, 9.17) is 10.2 Å². The van der Waals surface area contributed by atoms with Crippen LogP contribution in [-0.2, 0) is 6.42 Å². The number of nitrogens with zero attached hydrogens (tertiary/aromatic N) is 1. The number of nitrogens with two attached hydrogens (primary N) is 1. The van der Waals surface area contributed by atoms with Gasteiger partial charge in [0.25, 0.3) is 0 Å². The number of aryl methyl sites for hydroxylation is 1. The molecule has 0 saturated heterocycles. The van der Waals surface area contributed by atoms with Crippen molar-refractivity contribution in [3.05, 3.63) is 66.2 Å². The lowest BCUT2D eigenvalue weighted by molar-refractivity contribution is 0.489. The fourth-order valence-corrected chi connectivity index (χ4v) is 2.36. The van der Waals surface area contributed by atoms with Gasteiger partial charge in [-0.05, 0) is 36.2 Å². The first-order chi connectivity index (χ1) is 9.34. The molecule has 0 saturated carbocycles. The van der Waals surface area contributed by atoms with Gasteiger partial charge in [0, 0.05) is 24.0 Å². The molecular weight excluding hydrogens is 236 g/mol. The van der Waals surface area contributed by atoms with Crippen molar-refractivity contribution in [1.82, 2.24) is 4.98 Å². The third-order valence-electron chi connectivity index (χ3n) is 3.36. The summed E-state index contributed by atoms with van der Waals surface area (Å²) < 4.78 is 5.34. The van der Waals surface area contributed by atoms with E-state index >= 15 is 0 Å². The fraction of sp³-hybridized carbons (Fsp3) is 0.188. The molecule has 3 rings (SSSR count). The van der Waals surface area contributed by atoms with Gasteiger partial charge in [0.05, 0.1) is 11.8 Å². The monoisotopic (exact) mass is 252 g/mol. The predicted molar refractivity (Wildman–Crippen MR) is 75.7 cm³/mol. The van der Waals surface area contributed by atoms with Crippen molar-refractivity contribution < 1.29 is 4.42 Å². The molecule has 0 radical (unpaired) electrons. The van der Waals surface area contributed by atoms with Crippen LogP contribution in [0.4, 0.5) is 0 Å². The molecule has 0 aliphatic heterocycles. The Hall–Kier alpha value is -2.13. The number of benzene rings is 1. The Morgan fingerprint density at radius 2 is 2.05 bits per heavy atom. The zero-order valence-electron chi connectivity index (χ0n) is 10.6. The molecule has 0 fully saturated rings. The van der Waals surface area contributed by atoms with Gasteiger partial charge in [-0.15, -0.1) is 0 Å². The lowest BCUT2D eigenvalue weighted by Crippen LogP contribution is -2.11. The topological polar surface area (TPSA) is 52.0 Å². The van der Waals surface area contributed by atoms with Crippen molar-refractivity contribution >= 4 is 10.9 Å². The number of fused-ring (bicyclic) bond motifs is 1. The molecule has 19 heavy (non-hydrogen) atoms. The number of hydrogen-bond acceptors (Lipinski definition) is 3. The minimum absolute atomic E-state index is 0.00185. The Morgan fingerprint density at radius 1 is 1.11 bits per heavy atom. The third kappa shape index (κ3) is 2.51. The molecule has 1 atom stereocenters. The van der Waals surface area contributed by atoms with E-state index in [1.807, 2.05) is 30.3 Å². The van der Waals surface area contributed by atoms with Crippen molar-refractivity contribution in [2.75, 3.05) is 0 Å². The van der Waals surface area contributed by atoms with Crippen LogP contribution >= 0.6 is 0 Å². The number of furan rings is 1. The zero-order valence-corrected chi connectivity index (χ0v) is 10.6. The number of aromatic nitrogens is 1. The molecule has 2 heterocycles. The largest absolute Gasteiger partial charge is 0.469 e. The van der Waals surface area contributed by atoms with Crippen LogP contribution in [0.15, 0.2) is 59.3 Å². The van der Waals surface area contributed by atoms with Crippen LogP contribution < -0.4 is 5.73 Å². The molecule has 2 aromatic heterocycles. The van der Waals surface area contributed by atoms with Crippen molar-refractivity contribution in [3.63, 3.8) is 0 Å². The predicted octanol–water partition coefficient (Wildman–Crippen LogP) is 3.46. The summed E-state index contributed by atoms with van der Waals surface area (Å²) in [5.41, 5.74) is 8.45. The Morgan fingerprint density at radius 3 is 2.89 bits per heavy atom. The lowest BCUT2D eigenvalue weighted by atomic mass is 9.98. The first-order valence-corrected chi connectivity index (χ1v) is 6.46. The molecule has 1 aromatic carbocycles. The minimum atomic E-state index is -0.00185. The van der Waals surface area contributed by atoms with E-state index in [-0.39, 0.29) is 6.04 Å². The molecule has 0 amide bonds. The van der Waals surface area contributed by atoms with E-state index in [0.29, 0.717) is 0 Å². The standard InChI is InChI=1S/C16H16N2O/c17-15(9-8-12-4-3-11-19-12)13-5-1-7-16-14(13)6-2-10-18-16/h1-7,10-11,15H,8-9,17H2. The highest BCUT2D eigenvalue weighted by atomic mass is 16.3. The summed E-state index contributed by atoms with van der Waals surface area (Å²) >= 11 is 0. The number of hydrogen-bond donors (Lipinski definition) is 1. The summed E-state index contributed by atoms with van der Waals surface area (Å²) in [6.45, 7) is 0. The molecule has 3 nitrogen and oxygen atoms in total. The highest BCUT2D eigenvalue weighted by molar-refractivity contribution is 5.82. The van der Waals surface area contributed by atoms with E-state index in [1.165, 1.54) is 0 Å². The highest BCUT2D eigenvalue weighted by Gasteiger charge is 2.10. The quantitative estimate of drug-likeness (QED) is 0.773. The molecule has 0 spiro atoms. The van der Waals surface area contributed by atoms with Gasteiger partial charge < -0.3 is 10.2 Å². The summed E-state index contributed by atoms with van der Waals surface area (Å²) in [4.78, 5) is 4.36. The Bertz CT molecular complexity index is 656. The van der Waals surface area contributed by atoms with E-state index in [2.05, 4.69) is 17.1 Å². The molecule has 3 aromatic rings. The van der Waals surface area contributed by atoms with Crippen molar-refractivity contribution in [1.29, 1.82) is 0 Å². The Labute approximate surface area is 112 Å². The fourth-order valence-electron chi connectivity index (χ4n) is 2.36. The second-order valence-corrected chi connectivity index (χ2v) is 4.64. The summed E-state index contributed by atoms with van der Waals surface area (Å²) in [5.74, 6) is 0.980. The first kappa shape index (κ1) is 11.9. The molecule has 0 aliphatic rings. The first-order valence-electron chi connectivity index (χ1n) is 6.46. The third-order valence-corrected chi connectivity index (χ3v) is 3.36. The maximum absolute atomic E-state index is 6.31. The summed E-state index contributed by atoms with van der Waals surface area (Å²) in [5, 5.41) is 1.14. The molecular formula is C16H16N2O. The van der Waals surface area contributed by atoms with Gasteiger partial charge in [0.2, 0.25) is 0 Å². The van der Waals surface area contributed by atoms with Crippen molar-refractivity contribution in [3.8, 4) is 0 Å². The maximum atomic E-state index is 6.31. The Kier molecular flexibility index (Phi) is 3.29. The van der Waals surface area contributed by atoms with E-state index < -0.39 is 0 Å². The van der Waals surface area contributed by atoms with Gasteiger partial charge in [0.1, 0.15) is 5.76 Å². The number of pyridine rings is 1. The number of rotatable bonds is 4. The van der Waals surface area contributed by atoms with Crippen LogP contribution in [0, 0.1) is 0 Å². The van der Waals surface area contributed by atoms with Gasteiger partial charge in [-0.1, -0.05) is 18.2 Å². The van der Waals surface area contributed by atoms with Crippen molar-refractivity contribution in [2.45, 2.75) is 18.9 Å². The van der Waals surface area contributed by atoms with Crippen LogP contribution in [0.3, 0.4) is 0 Å². The van der Waals surface area contributed by atoms with Crippen LogP contribution in [0.2, 0.25) is 0 Å². The van der Waals surface area contributed by atoms with E-state index in [0.717, 1.165) is 35.1 Å². The van der Waals surface area contributed by atoms with Crippen molar-refractivity contribution in [2.24, 2.45) is 5.73 Å². The van der Waals surface area contributed by atoms with Crippen LogP contribution in [0.1, 0.15) is 23.8 Å². The molecule has 96 valence electrons. The van der Waals surface area contributed by atoms with E-state index in [9.17, 15) is 0 Å². The highest BCUT2D eigenvalue weighted by Crippen LogP contribution is 2.24. The average Bonchev–Trinajstić information content (AvgIpc) is 2.97. The second kappa shape index (κ2) is 5.24. The molecule has 2 N–H and O–H groups in total. The molecule has 1 unspecified atom stereocenters. The van der Waals surface area contributed by atoms with Gasteiger partial charge in [0.15, 0.2) is 0 Å². The second-order valence-electron chi connectivity index (χ2n) is 4.64. The van der Waals surface area contributed by atoms with E-state index in [1.54, 1.807) is 12.5 Å². The zero-order chi connectivity index (χ0) is 13.1. The van der Waals surface area contributed by atoms with Gasteiger partial charge >= 0.3 is 0 Å². The summed E-state index contributed by atoms with van der Waals surface area (Å²) in [7, 11) is 0. The van der Waals surface area contributed by atoms with Crippen LogP contribution in [-0.4, -0.2) is 4.98 Å². The Balaban J connectivity index is 1.83.